The maximum atomic E-state index is 13.6. The fourth-order valence-electron chi connectivity index (χ4n) is 12.0. The monoisotopic (exact) mass is 773 g/mol. The molecule has 5 aliphatic carbocycles. The number of anilines is 1. The molecule has 4 saturated carbocycles. The number of nitrogens with one attached hydrogen (secondary N) is 1. The standard InChI is InChI=1S/C43H55NO9.2Na/c1-38(2)19-20-42(37(51)52)21-22-43(25-53-36(50)14-7-26-23-27(45)8-10-30(26)44-34(47)12-13-35(48)49)28(29(42)24-38)9-11-32-40(5)17-16-33(46)39(3,4)31(40)15-18-41(32,43)6;;/h7-10,12-14,23,29,31-32,45H,11,15-22,24-25H2,1-6H3,(H,44,47)(H,48,49)(H,51,52);;/q;2*+1/p-2/b13-12+,14-7+;;/t29-,31-,32+,40-,41+,42-,43-;;/m0../s1. The van der Waals surface area contributed by atoms with Crippen LogP contribution in [0.15, 0.2) is 48.1 Å². The van der Waals surface area contributed by atoms with E-state index >= 15 is 0 Å². The van der Waals surface area contributed by atoms with Crippen LogP contribution in [0.5, 0.6) is 5.75 Å². The van der Waals surface area contributed by atoms with Crippen molar-refractivity contribution in [3.63, 3.8) is 0 Å². The zero-order chi connectivity index (χ0) is 38.8. The van der Waals surface area contributed by atoms with E-state index in [-0.39, 0.29) is 117 Å². The normalized spacial score (nSPS) is 34.3. The summed E-state index contributed by atoms with van der Waals surface area (Å²) >= 11 is 0. The number of hydrogen-bond acceptors (Lipinski definition) is 8. The summed E-state index contributed by atoms with van der Waals surface area (Å²) in [5.74, 6) is -3.54. The van der Waals surface area contributed by atoms with Crippen LogP contribution in [0.1, 0.15) is 111 Å². The molecule has 0 spiro atoms. The van der Waals surface area contributed by atoms with Gasteiger partial charge in [-0.3, -0.25) is 9.59 Å². The van der Waals surface area contributed by atoms with Gasteiger partial charge < -0.3 is 30.2 Å². The molecular formula is C43H53NNa2O9. The van der Waals surface area contributed by atoms with E-state index in [1.807, 2.05) is 0 Å². The Morgan fingerprint density at radius 2 is 1.62 bits per heavy atom. The molecule has 55 heavy (non-hydrogen) atoms. The van der Waals surface area contributed by atoms with Crippen LogP contribution in [0.4, 0.5) is 5.69 Å². The molecule has 12 heteroatoms. The number of allylic oxidation sites excluding steroid dienone is 1. The van der Waals surface area contributed by atoms with Crippen molar-refractivity contribution < 1.29 is 103 Å². The van der Waals surface area contributed by atoms with E-state index in [0.29, 0.717) is 44.0 Å². The molecule has 5 aliphatic rings. The second-order valence-electron chi connectivity index (χ2n) is 18.4. The molecule has 0 saturated heterocycles. The first-order chi connectivity index (χ1) is 24.7. The van der Waals surface area contributed by atoms with Crippen LogP contribution < -0.4 is 74.6 Å². The SMILES string of the molecule is CC1(C)CC[C@]2(C(=O)[O-])CC[C@]3(COC(=O)/C=C/c4cc([O-])ccc4NC(=O)/C=C/C(=O)O)C(=CC[C@@H]4[C@@]5(C)CCC(=O)C(C)(C)[C@@H]5CC[C@]43C)[C@@H]2C1.[Na+].[Na+]. The van der Waals surface area contributed by atoms with Crippen LogP contribution in [0, 0.1) is 50.2 Å². The minimum Gasteiger partial charge on any atom is -0.872 e. The van der Waals surface area contributed by atoms with Crippen LogP contribution in [-0.4, -0.2) is 41.3 Å². The third-order valence-electron chi connectivity index (χ3n) is 15.0. The van der Waals surface area contributed by atoms with Crippen LogP contribution in [-0.2, 0) is 28.7 Å². The topological polar surface area (TPSA) is 173 Å². The van der Waals surface area contributed by atoms with E-state index in [1.165, 1.54) is 30.4 Å². The van der Waals surface area contributed by atoms with Crippen LogP contribution in [0.3, 0.4) is 0 Å². The number of ketones is 1. The molecule has 1 aromatic rings. The van der Waals surface area contributed by atoms with Crippen molar-refractivity contribution in [2.45, 2.75) is 106 Å². The van der Waals surface area contributed by atoms with E-state index in [4.69, 9.17) is 9.84 Å². The van der Waals surface area contributed by atoms with Gasteiger partial charge in [-0.15, -0.1) is 5.75 Å². The average molecular weight is 774 g/mol. The van der Waals surface area contributed by atoms with E-state index in [2.05, 4.69) is 52.9 Å². The fourth-order valence-corrected chi connectivity index (χ4v) is 12.0. The summed E-state index contributed by atoms with van der Waals surface area (Å²) in [6.07, 6.45) is 13.2. The van der Waals surface area contributed by atoms with Gasteiger partial charge in [0.25, 0.3) is 0 Å². The molecule has 10 nitrogen and oxygen atoms in total. The zero-order valence-electron chi connectivity index (χ0n) is 33.8. The first kappa shape index (κ1) is 45.5. The van der Waals surface area contributed by atoms with Gasteiger partial charge in [-0.05, 0) is 109 Å². The molecule has 0 unspecified atom stereocenters. The fraction of sp³-hybridized carbons (Fsp3) is 0.605. The molecule has 0 bridgehead atoms. The molecule has 0 aliphatic heterocycles. The number of amides is 1. The van der Waals surface area contributed by atoms with Gasteiger partial charge in [0.05, 0.1) is 0 Å². The van der Waals surface area contributed by atoms with E-state index in [9.17, 15) is 34.2 Å². The molecule has 2 N–H and O–H groups in total. The molecule has 1 amide bonds. The second kappa shape index (κ2) is 16.2. The predicted molar refractivity (Wildman–Crippen MR) is 195 cm³/mol. The van der Waals surface area contributed by atoms with Crippen molar-refractivity contribution in [1.82, 2.24) is 0 Å². The van der Waals surface area contributed by atoms with Gasteiger partial charge in [0.1, 0.15) is 12.4 Å². The molecule has 1 aromatic carbocycles. The van der Waals surface area contributed by atoms with Crippen molar-refractivity contribution in [1.29, 1.82) is 0 Å². The third-order valence-corrected chi connectivity index (χ3v) is 15.0. The number of carboxylic acids is 2. The van der Waals surface area contributed by atoms with E-state index in [0.717, 1.165) is 43.8 Å². The Kier molecular flexibility index (Phi) is 13.4. The Balaban J connectivity index is 0.00000336. The number of carbonyl (C=O) groups excluding carboxylic acids is 4. The molecule has 0 aromatic heterocycles. The number of Topliss-reactive ketones (excluding diaryl/α,β-unsaturated/α-hetero) is 1. The number of benzene rings is 1. The molecule has 4 fully saturated rings. The molecule has 7 atom stereocenters. The van der Waals surface area contributed by atoms with Crippen LogP contribution >= 0.6 is 0 Å². The Hall–Kier alpha value is -2.21. The number of ether oxygens (including phenoxy) is 1. The summed E-state index contributed by atoms with van der Waals surface area (Å²) in [4.78, 5) is 63.2. The van der Waals surface area contributed by atoms with Crippen molar-refractivity contribution in [2.24, 2.45) is 50.2 Å². The molecule has 286 valence electrons. The smallest absolute Gasteiger partial charge is 0.872 e. The van der Waals surface area contributed by atoms with Crippen molar-refractivity contribution >= 4 is 41.4 Å². The average Bonchev–Trinajstić information content (AvgIpc) is 3.08. The Labute approximate surface area is 369 Å². The van der Waals surface area contributed by atoms with Gasteiger partial charge >= 0.3 is 71.1 Å². The zero-order valence-corrected chi connectivity index (χ0v) is 37.8. The summed E-state index contributed by atoms with van der Waals surface area (Å²) < 4.78 is 6.22. The van der Waals surface area contributed by atoms with Gasteiger partial charge in [0.2, 0.25) is 5.91 Å². The summed E-state index contributed by atoms with van der Waals surface area (Å²) in [5.41, 5.74) is -1.08. The predicted octanol–water partition coefficient (Wildman–Crippen LogP) is 0.00470. The quantitative estimate of drug-likeness (QED) is 0.160. The number of aliphatic carboxylic acids is 2. The number of carbonyl (C=O) groups is 5. The van der Waals surface area contributed by atoms with E-state index in [1.54, 1.807) is 0 Å². The number of hydrogen-bond donors (Lipinski definition) is 2. The second-order valence-corrected chi connectivity index (χ2v) is 18.4. The third kappa shape index (κ3) is 7.86. The minimum absolute atomic E-state index is 0. The van der Waals surface area contributed by atoms with Crippen LogP contribution in [0.25, 0.3) is 6.08 Å². The Morgan fingerprint density at radius 1 is 0.927 bits per heavy atom. The summed E-state index contributed by atoms with van der Waals surface area (Å²) in [5, 5.41) is 36.8. The molecule has 0 radical (unpaired) electrons. The largest absolute Gasteiger partial charge is 1.00 e. The summed E-state index contributed by atoms with van der Waals surface area (Å²) in [6.45, 7) is 13.3. The van der Waals surface area contributed by atoms with Crippen molar-refractivity contribution in [3.05, 3.63) is 53.6 Å². The van der Waals surface area contributed by atoms with Crippen molar-refractivity contribution in [3.8, 4) is 5.75 Å². The summed E-state index contributed by atoms with van der Waals surface area (Å²) in [6, 6.07) is 3.89. The first-order valence-electron chi connectivity index (χ1n) is 19.0. The molecule has 0 heterocycles. The van der Waals surface area contributed by atoms with Gasteiger partial charge in [-0.1, -0.05) is 65.3 Å². The van der Waals surface area contributed by atoms with Gasteiger partial charge in [-0.2, -0.15) is 0 Å². The number of rotatable bonds is 8. The molecular weight excluding hydrogens is 720 g/mol. The van der Waals surface area contributed by atoms with Gasteiger partial charge in [0.15, 0.2) is 0 Å². The Bertz CT molecular complexity index is 1830. The molecule has 6 rings (SSSR count). The Morgan fingerprint density at radius 3 is 2.29 bits per heavy atom. The summed E-state index contributed by atoms with van der Waals surface area (Å²) in [7, 11) is 0. The van der Waals surface area contributed by atoms with E-state index < -0.39 is 40.1 Å². The maximum absolute atomic E-state index is 13.6. The van der Waals surface area contributed by atoms with Crippen molar-refractivity contribution in [2.75, 3.05) is 11.9 Å². The van der Waals surface area contributed by atoms with Gasteiger partial charge in [0, 0.05) is 52.6 Å². The maximum Gasteiger partial charge on any atom is 1.00 e. The number of fused-ring (bicyclic) bond motifs is 7. The minimum atomic E-state index is -1.29. The number of carboxylic acid groups (broad SMARTS) is 2. The van der Waals surface area contributed by atoms with Crippen LogP contribution in [0.2, 0.25) is 0 Å². The first-order valence-corrected chi connectivity index (χ1v) is 19.0. The van der Waals surface area contributed by atoms with Gasteiger partial charge in [-0.25, -0.2) is 9.59 Å². The number of esters is 1.